The molecule has 7 heteroatoms. The predicted molar refractivity (Wildman–Crippen MR) is 158 cm³/mol. The van der Waals surface area contributed by atoms with E-state index in [1.807, 2.05) is 32.9 Å². The first-order chi connectivity index (χ1) is 18.7. The highest BCUT2D eigenvalue weighted by molar-refractivity contribution is 7.96. The Balaban J connectivity index is 1.26. The molecule has 0 bridgehead atoms. The number of hydrogen-bond donors (Lipinski definition) is 0. The lowest BCUT2D eigenvalue weighted by atomic mass is 10.2. The molecule has 38 heavy (non-hydrogen) atoms. The van der Waals surface area contributed by atoms with E-state index in [1.165, 1.54) is 46.5 Å². The average Bonchev–Trinajstić information content (AvgIpc) is 3.29. The summed E-state index contributed by atoms with van der Waals surface area (Å²) in [5.41, 5.74) is 4.91. The van der Waals surface area contributed by atoms with Gasteiger partial charge >= 0.3 is 6.03 Å². The van der Waals surface area contributed by atoms with Crippen molar-refractivity contribution in [2.24, 2.45) is 0 Å². The van der Waals surface area contributed by atoms with Crippen molar-refractivity contribution < 1.29 is 4.79 Å². The van der Waals surface area contributed by atoms with Crippen LogP contribution in [0.1, 0.15) is 22.3 Å². The fourth-order valence-electron chi connectivity index (χ4n) is 4.30. The molecule has 5 rings (SSSR count). The molecule has 0 unspecified atom stereocenters. The minimum atomic E-state index is 0.0391. The van der Waals surface area contributed by atoms with Crippen LogP contribution >= 0.6 is 24.3 Å². The van der Waals surface area contributed by atoms with E-state index in [9.17, 15) is 4.79 Å². The van der Waals surface area contributed by atoms with Gasteiger partial charge in [0.25, 0.3) is 0 Å². The van der Waals surface area contributed by atoms with Crippen LogP contribution in [0, 0.1) is 0 Å². The average molecular weight is 541 g/mol. The van der Waals surface area contributed by atoms with Crippen molar-refractivity contribution in [2.75, 3.05) is 13.1 Å². The van der Waals surface area contributed by atoms with E-state index in [2.05, 4.69) is 106 Å². The van der Waals surface area contributed by atoms with Crippen molar-refractivity contribution >= 4 is 30.3 Å². The molecule has 0 spiro atoms. The second kappa shape index (κ2) is 13.5. The summed E-state index contributed by atoms with van der Waals surface area (Å²) in [6.45, 7) is 4.38. The van der Waals surface area contributed by atoms with E-state index in [-0.39, 0.29) is 6.03 Å². The van der Waals surface area contributed by atoms with E-state index < -0.39 is 0 Å². The Kier molecular flexibility index (Phi) is 9.39. The van der Waals surface area contributed by atoms with E-state index >= 15 is 0 Å². The third-order valence-corrected chi connectivity index (χ3v) is 8.22. The third kappa shape index (κ3) is 7.65. The molecule has 0 N–H and O–H groups in total. The lowest BCUT2D eigenvalue weighted by molar-refractivity contribution is 0.225. The molecule has 1 aliphatic rings. The van der Waals surface area contributed by atoms with Crippen LogP contribution in [0.4, 0.5) is 4.79 Å². The standard InChI is InChI=1S/C31H32N4OS2/c36-31-34(37-32(23-27-13-5-1-6-14-27)24-28-15-7-2-8-16-28)21-22-35(31)38-33(25-29-17-9-3-10-18-29)26-30-19-11-4-12-20-30/h1-20H,21-26H2. The third-order valence-electron chi connectivity index (χ3n) is 6.17. The Morgan fingerprint density at radius 3 is 1.00 bits per heavy atom. The van der Waals surface area contributed by atoms with Crippen molar-refractivity contribution in [3.05, 3.63) is 144 Å². The van der Waals surface area contributed by atoms with Crippen molar-refractivity contribution in [3.8, 4) is 0 Å². The minimum absolute atomic E-state index is 0.0391. The molecule has 1 heterocycles. The van der Waals surface area contributed by atoms with Gasteiger partial charge in [-0.3, -0.25) is 8.61 Å². The Labute approximate surface area is 234 Å². The van der Waals surface area contributed by atoms with Gasteiger partial charge in [0, 0.05) is 50.4 Å². The SMILES string of the molecule is O=C1N(SN(Cc2ccccc2)Cc2ccccc2)CCN1SN(Cc1ccccc1)Cc1ccccc1. The molecule has 0 aliphatic carbocycles. The lowest BCUT2D eigenvalue weighted by Crippen LogP contribution is -2.30. The zero-order valence-electron chi connectivity index (χ0n) is 21.3. The van der Waals surface area contributed by atoms with Crippen LogP contribution in [-0.4, -0.2) is 36.3 Å². The highest BCUT2D eigenvalue weighted by Crippen LogP contribution is 2.32. The molecule has 194 valence electrons. The van der Waals surface area contributed by atoms with Crippen molar-refractivity contribution in [2.45, 2.75) is 26.2 Å². The second-order valence-electron chi connectivity index (χ2n) is 9.19. The van der Waals surface area contributed by atoms with E-state index in [4.69, 9.17) is 0 Å². The van der Waals surface area contributed by atoms with Gasteiger partial charge in [0.2, 0.25) is 0 Å². The zero-order valence-corrected chi connectivity index (χ0v) is 22.9. The molecule has 4 aromatic carbocycles. The molecule has 1 aliphatic heterocycles. The zero-order chi connectivity index (χ0) is 26.0. The second-order valence-corrected chi connectivity index (χ2v) is 11.4. The molecule has 4 aromatic rings. The number of carbonyl (C=O) groups excluding carboxylic acids is 1. The van der Waals surface area contributed by atoms with Crippen LogP contribution < -0.4 is 0 Å². The molecule has 0 aromatic heterocycles. The fraction of sp³-hybridized carbons (Fsp3) is 0.194. The predicted octanol–water partition coefficient (Wildman–Crippen LogP) is 7.26. The maximum atomic E-state index is 13.5. The van der Waals surface area contributed by atoms with Gasteiger partial charge in [-0.25, -0.2) is 13.4 Å². The van der Waals surface area contributed by atoms with Crippen LogP contribution in [0.3, 0.4) is 0 Å². The van der Waals surface area contributed by atoms with Gasteiger partial charge < -0.3 is 0 Å². The molecule has 0 radical (unpaired) electrons. The Morgan fingerprint density at radius 2 is 0.737 bits per heavy atom. The number of nitrogens with zero attached hydrogens (tertiary/aromatic N) is 4. The topological polar surface area (TPSA) is 30.0 Å². The van der Waals surface area contributed by atoms with Gasteiger partial charge in [0.05, 0.1) is 13.1 Å². The minimum Gasteiger partial charge on any atom is -0.252 e. The Bertz CT molecular complexity index is 1080. The maximum absolute atomic E-state index is 13.5. The summed E-state index contributed by atoms with van der Waals surface area (Å²) in [6.07, 6.45) is 0. The van der Waals surface area contributed by atoms with E-state index in [0.717, 1.165) is 26.2 Å². The van der Waals surface area contributed by atoms with Crippen molar-refractivity contribution in [1.82, 2.24) is 17.2 Å². The van der Waals surface area contributed by atoms with Crippen LogP contribution in [0.5, 0.6) is 0 Å². The fourth-order valence-corrected chi connectivity index (χ4v) is 6.40. The first-order valence-corrected chi connectivity index (χ1v) is 14.3. The highest BCUT2D eigenvalue weighted by atomic mass is 32.2. The first-order valence-electron chi connectivity index (χ1n) is 12.8. The molecule has 5 nitrogen and oxygen atoms in total. The molecule has 0 saturated carbocycles. The smallest absolute Gasteiger partial charge is 0.252 e. The molecular weight excluding hydrogens is 509 g/mol. The molecule has 1 fully saturated rings. The summed E-state index contributed by atoms with van der Waals surface area (Å²) in [5.74, 6) is 0. The summed E-state index contributed by atoms with van der Waals surface area (Å²) in [7, 11) is 0. The van der Waals surface area contributed by atoms with Gasteiger partial charge in [-0.15, -0.1) is 0 Å². The monoisotopic (exact) mass is 540 g/mol. The summed E-state index contributed by atoms with van der Waals surface area (Å²) in [6, 6.07) is 41.8. The van der Waals surface area contributed by atoms with Crippen molar-refractivity contribution in [3.63, 3.8) is 0 Å². The lowest BCUT2D eigenvalue weighted by Gasteiger charge is -2.28. The molecule has 0 atom stereocenters. The van der Waals surface area contributed by atoms with Crippen molar-refractivity contribution in [1.29, 1.82) is 0 Å². The highest BCUT2D eigenvalue weighted by Gasteiger charge is 2.33. The molecule has 2 amide bonds. The van der Waals surface area contributed by atoms with Gasteiger partial charge in [0.1, 0.15) is 0 Å². The van der Waals surface area contributed by atoms with Crippen LogP contribution in [0.2, 0.25) is 0 Å². The van der Waals surface area contributed by atoms with Crippen LogP contribution in [0.15, 0.2) is 121 Å². The summed E-state index contributed by atoms with van der Waals surface area (Å²) < 4.78 is 8.31. The first kappa shape index (κ1) is 26.4. The number of amides is 2. The summed E-state index contributed by atoms with van der Waals surface area (Å²) in [4.78, 5) is 13.5. The van der Waals surface area contributed by atoms with Gasteiger partial charge in [-0.05, 0) is 22.3 Å². The van der Waals surface area contributed by atoms with E-state index in [0.29, 0.717) is 13.1 Å². The number of carbonyl (C=O) groups is 1. The number of urea groups is 1. The number of rotatable bonds is 12. The van der Waals surface area contributed by atoms with Crippen LogP contribution in [0.25, 0.3) is 0 Å². The normalized spacial score (nSPS) is 13.6. The molecular formula is C31H32N4OS2. The van der Waals surface area contributed by atoms with E-state index in [1.54, 1.807) is 0 Å². The van der Waals surface area contributed by atoms with Crippen LogP contribution in [-0.2, 0) is 26.2 Å². The quantitative estimate of drug-likeness (QED) is 0.177. The Morgan fingerprint density at radius 1 is 0.474 bits per heavy atom. The van der Waals surface area contributed by atoms with Gasteiger partial charge in [-0.1, -0.05) is 121 Å². The van der Waals surface area contributed by atoms with Gasteiger partial charge in [0.15, 0.2) is 0 Å². The number of hydrogen-bond acceptors (Lipinski definition) is 5. The Hall–Kier alpha value is -3.23. The summed E-state index contributed by atoms with van der Waals surface area (Å²) >= 11 is 3.07. The van der Waals surface area contributed by atoms with Gasteiger partial charge in [-0.2, -0.15) is 0 Å². The summed E-state index contributed by atoms with van der Waals surface area (Å²) in [5, 5.41) is 0. The largest absolute Gasteiger partial charge is 0.342 e. The number of benzene rings is 4. The molecule has 1 saturated heterocycles. The maximum Gasteiger partial charge on any atom is 0.342 e.